The average molecular weight is 212 g/mol. The zero-order valence-corrected chi connectivity index (χ0v) is 9.29. The first-order valence-corrected chi connectivity index (χ1v) is 4.95. The number of rotatable bonds is 4. The Morgan fingerprint density at radius 1 is 1.60 bits per heavy atom. The van der Waals surface area contributed by atoms with Crippen LogP contribution in [0.1, 0.15) is 26.7 Å². The van der Waals surface area contributed by atoms with Gasteiger partial charge in [-0.2, -0.15) is 0 Å². The summed E-state index contributed by atoms with van der Waals surface area (Å²) in [6, 6.07) is 0. The van der Waals surface area contributed by atoms with Gasteiger partial charge in [0.1, 0.15) is 6.61 Å². The fraction of sp³-hybridized carbons (Fsp3) is 0.636. The second kappa shape index (κ2) is 4.24. The SMILES string of the molecule is CCC1=C(C(=O)COC)C(=O)C[C@]1(C)O. The van der Waals surface area contributed by atoms with Gasteiger partial charge in [0.2, 0.25) is 0 Å². The summed E-state index contributed by atoms with van der Waals surface area (Å²) in [5, 5.41) is 9.94. The first-order chi connectivity index (χ1) is 6.94. The van der Waals surface area contributed by atoms with Gasteiger partial charge in [-0.15, -0.1) is 0 Å². The van der Waals surface area contributed by atoms with Crippen LogP contribution in [-0.2, 0) is 14.3 Å². The summed E-state index contributed by atoms with van der Waals surface area (Å²) in [5.74, 6) is -0.615. The molecule has 0 radical (unpaired) electrons. The highest BCUT2D eigenvalue weighted by Gasteiger charge is 2.41. The Morgan fingerprint density at radius 2 is 2.20 bits per heavy atom. The average Bonchev–Trinajstić information content (AvgIpc) is 2.35. The first kappa shape index (κ1) is 12.1. The van der Waals surface area contributed by atoms with Crippen molar-refractivity contribution in [2.75, 3.05) is 13.7 Å². The third-order valence-electron chi connectivity index (χ3n) is 2.64. The third-order valence-corrected chi connectivity index (χ3v) is 2.64. The second-order valence-corrected chi connectivity index (χ2v) is 3.94. The highest BCUT2D eigenvalue weighted by Crippen LogP contribution is 2.35. The maximum Gasteiger partial charge on any atom is 0.192 e. The molecule has 0 heterocycles. The quantitative estimate of drug-likeness (QED) is 0.694. The first-order valence-electron chi connectivity index (χ1n) is 4.95. The normalized spacial score (nSPS) is 26.3. The van der Waals surface area contributed by atoms with Crippen LogP contribution in [0.3, 0.4) is 0 Å². The monoisotopic (exact) mass is 212 g/mol. The molecule has 0 fully saturated rings. The fourth-order valence-corrected chi connectivity index (χ4v) is 2.03. The van der Waals surface area contributed by atoms with Crippen molar-refractivity contribution in [2.45, 2.75) is 32.3 Å². The molecule has 0 aromatic carbocycles. The van der Waals surface area contributed by atoms with Gasteiger partial charge in [0.05, 0.1) is 11.2 Å². The summed E-state index contributed by atoms with van der Waals surface area (Å²) in [6.07, 6.45) is 0.504. The molecule has 0 saturated heterocycles. The minimum atomic E-state index is -1.16. The molecule has 1 atom stereocenters. The van der Waals surface area contributed by atoms with Crippen LogP contribution >= 0.6 is 0 Å². The predicted octanol–water partition coefficient (Wildman–Crippen LogP) is 0.632. The molecule has 0 saturated carbocycles. The number of aliphatic hydroxyl groups is 1. The predicted molar refractivity (Wildman–Crippen MR) is 54.4 cm³/mol. The maximum atomic E-state index is 11.6. The molecule has 84 valence electrons. The van der Waals surface area contributed by atoms with E-state index in [9.17, 15) is 14.7 Å². The maximum absolute atomic E-state index is 11.6. The van der Waals surface area contributed by atoms with Crippen molar-refractivity contribution in [2.24, 2.45) is 0 Å². The van der Waals surface area contributed by atoms with Gasteiger partial charge in [0.15, 0.2) is 11.6 Å². The van der Waals surface area contributed by atoms with E-state index in [0.717, 1.165) is 0 Å². The van der Waals surface area contributed by atoms with E-state index in [-0.39, 0.29) is 30.2 Å². The Hall–Kier alpha value is -1.00. The number of methoxy groups -OCH3 is 1. The van der Waals surface area contributed by atoms with E-state index in [1.807, 2.05) is 6.92 Å². The Kier molecular flexibility index (Phi) is 3.42. The van der Waals surface area contributed by atoms with Crippen molar-refractivity contribution >= 4 is 11.6 Å². The van der Waals surface area contributed by atoms with Crippen LogP contribution in [0.4, 0.5) is 0 Å². The number of carbonyl (C=O) groups excluding carboxylic acids is 2. The number of carbonyl (C=O) groups is 2. The molecule has 0 spiro atoms. The third kappa shape index (κ3) is 2.16. The van der Waals surface area contributed by atoms with Crippen molar-refractivity contribution < 1.29 is 19.4 Å². The van der Waals surface area contributed by atoms with E-state index in [1.165, 1.54) is 7.11 Å². The highest BCUT2D eigenvalue weighted by molar-refractivity contribution is 6.23. The Morgan fingerprint density at radius 3 is 2.67 bits per heavy atom. The summed E-state index contributed by atoms with van der Waals surface area (Å²) in [4.78, 5) is 23.2. The molecule has 4 nitrogen and oxygen atoms in total. The summed E-state index contributed by atoms with van der Waals surface area (Å²) in [5.41, 5.74) is -0.483. The molecule has 4 heteroatoms. The van der Waals surface area contributed by atoms with Gasteiger partial charge in [0.25, 0.3) is 0 Å². The zero-order valence-electron chi connectivity index (χ0n) is 9.29. The number of hydrogen-bond acceptors (Lipinski definition) is 4. The van der Waals surface area contributed by atoms with Crippen LogP contribution in [-0.4, -0.2) is 36.0 Å². The molecule has 0 aromatic rings. The standard InChI is InChI=1S/C11H16O4/c1-4-7-10(9(13)6-15-3)8(12)5-11(7,2)14/h14H,4-6H2,1-3H3/t11-/m0/s1. The van der Waals surface area contributed by atoms with Gasteiger partial charge < -0.3 is 9.84 Å². The molecule has 0 aromatic heterocycles. The largest absolute Gasteiger partial charge is 0.385 e. The molecule has 1 rings (SSSR count). The van der Waals surface area contributed by atoms with E-state index < -0.39 is 5.60 Å². The number of ether oxygens (including phenoxy) is 1. The van der Waals surface area contributed by atoms with Crippen molar-refractivity contribution in [3.63, 3.8) is 0 Å². The lowest BCUT2D eigenvalue weighted by atomic mass is 9.95. The smallest absolute Gasteiger partial charge is 0.192 e. The van der Waals surface area contributed by atoms with Gasteiger partial charge in [-0.25, -0.2) is 0 Å². The topological polar surface area (TPSA) is 63.6 Å². The number of Topliss-reactive ketones (excluding diaryl/α,β-unsaturated/α-hetero) is 2. The molecule has 1 N–H and O–H groups in total. The summed E-state index contributed by atoms with van der Waals surface area (Å²) >= 11 is 0. The van der Waals surface area contributed by atoms with Crippen LogP contribution in [0.25, 0.3) is 0 Å². The lowest BCUT2D eigenvalue weighted by molar-refractivity contribution is -0.123. The summed E-state index contributed by atoms with van der Waals surface area (Å²) < 4.78 is 4.71. The van der Waals surface area contributed by atoms with Crippen molar-refractivity contribution in [3.8, 4) is 0 Å². The summed E-state index contributed by atoms with van der Waals surface area (Å²) in [6.45, 7) is 3.28. The minimum Gasteiger partial charge on any atom is -0.385 e. The molecule has 0 amide bonds. The van der Waals surface area contributed by atoms with E-state index in [1.54, 1.807) is 6.92 Å². The Balaban J connectivity index is 3.10. The number of ketones is 2. The highest BCUT2D eigenvalue weighted by atomic mass is 16.5. The number of hydrogen-bond donors (Lipinski definition) is 1. The van der Waals surface area contributed by atoms with Crippen LogP contribution in [0.2, 0.25) is 0 Å². The van der Waals surface area contributed by atoms with Crippen LogP contribution in [0, 0.1) is 0 Å². The Bertz CT molecular complexity index is 325. The van der Waals surface area contributed by atoms with E-state index >= 15 is 0 Å². The molecular formula is C11H16O4. The molecule has 0 bridgehead atoms. The molecule has 15 heavy (non-hydrogen) atoms. The molecule has 0 unspecified atom stereocenters. The second-order valence-electron chi connectivity index (χ2n) is 3.94. The van der Waals surface area contributed by atoms with Gasteiger partial charge >= 0.3 is 0 Å². The van der Waals surface area contributed by atoms with Crippen molar-refractivity contribution in [1.82, 2.24) is 0 Å². The Labute approximate surface area is 88.9 Å². The van der Waals surface area contributed by atoms with Gasteiger partial charge in [0, 0.05) is 13.5 Å². The fourth-order valence-electron chi connectivity index (χ4n) is 2.03. The lowest BCUT2D eigenvalue weighted by Crippen LogP contribution is -2.23. The van der Waals surface area contributed by atoms with Gasteiger partial charge in [-0.1, -0.05) is 6.92 Å². The lowest BCUT2D eigenvalue weighted by Gasteiger charge is -2.18. The van der Waals surface area contributed by atoms with E-state index in [4.69, 9.17) is 4.74 Å². The van der Waals surface area contributed by atoms with Crippen molar-refractivity contribution in [3.05, 3.63) is 11.1 Å². The minimum absolute atomic E-state index is 0.000953. The molecule has 1 aliphatic rings. The summed E-state index contributed by atoms with van der Waals surface area (Å²) in [7, 11) is 1.40. The molecular weight excluding hydrogens is 196 g/mol. The molecule has 0 aliphatic heterocycles. The van der Waals surface area contributed by atoms with E-state index in [2.05, 4.69) is 0 Å². The van der Waals surface area contributed by atoms with Crippen LogP contribution in [0.15, 0.2) is 11.1 Å². The van der Waals surface area contributed by atoms with Crippen LogP contribution < -0.4 is 0 Å². The van der Waals surface area contributed by atoms with Gasteiger partial charge in [-0.05, 0) is 18.9 Å². The van der Waals surface area contributed by atoms with Crippen molar-refractivity contribution in [1.29, 1.82) is 0 Å². The zero-order chi connectivity index (χ0) is 11.6. The van der Waals surface area contributed by atoms with E-state index in [0.29, 0.717) is 12.0 Å². The van der Waals surface area contributed by atoms with Gasteiger partial charge in [-0.3, -0.25) is 9.59 Å². The molecule has 1 aliphatic carbocycles. The van der Waals surface area contributed by atoms with Crippen LogP contribution in [0.5, 0.6) is 0 Å².